The van der Waals surface area contributed by atoms with E-state index in [0.717, 1.165) is 4.88 Å². The Kier molecular flexibility index (Phi) is 3.55. The maximum atomic E-state index is 11.8. The summed E-state index contributed by atoms with van der Waals surface area (Å²) in [7, 11) is 1.43. The number of methoxy groups -OCH3 is 1. The second kappa shape index (κ2) is 5.66. The van der Waals surface area contributed by atoms with Gasteiger partial charge in [0.05, 0.1) is 12.0 Å². The Morgan fingerprint density at radius 2 is 2.48 bits per heavy atom. The predicted octanol–water partition coefficient (Wildman–Crippen LogP) is 0.167. The van der Waals surface area contributed by atoms with E-state index in [-0.39, 0.29) is 24.4 Å². The van der Waals surface area contributed by atoms with Crippen LogP contribution in [0.15, 0.2) is 17.5 Å². The first-order chi connectivity index (χ1) is 10.2. The summed E-state index contributed by atoms with van der Waals surface area (Å²) in [4.78, 5) is 17.8. The molecule has 1 amide bonds. The van der Waals surface area contributed by atoms with E-state index in [4.69, 9.17) is 4.74 Å². The zero-order chi connectivity index (χ0) is 14.7. The number of aromatic amines is 1. The standard InChI is InChI=1S/C10H10N8O2S/c1-20-10-12-9(14-15-10)11-7(19)5-18-16-8(13-17-18)6-3-2-4-21-6/h2-4H,5H2,1H3,(H2,11,12,14,15,19). The Labute approximate surface area is 122 Å². The summed E-state index contributed by atoms with van der Waals surface area (Å²) in [6.07, 6.45) is 0. The number of anilines is 1. The van der Waals surface area contributed by atoms with E-state index >= 15 is 0 Å². The number of thiophene rings is 1. The fourth-order valence-electron chi connectivity index (χ4n) is 1.51. The molecule has 108 valence electrons. The van der Waals surface area contributed by atoms with E-state index < -0.39 is 0 Å². The highest BCUT2D eigenvalue weighted by Gasteiger charge is 2.11. The summed E-state index contributed by atoms with van der Waals surface area (Å²) >= 11 is 1.50. The van der Waals surface area contributed by atoms with E-state index in [2.05, 4.69) is 35.9 Å². The molecule has 11 heteroatoms. The number of H-pyrrole nitrogens is 1. The van der Waals surface area contributed by atoms with E-state index in [1.165, 1.54) is 23.2 Å². The second-order valence-corrected chi connectivity index (χ2v) is 4.79. The number of rotatable bonds is 5. The maximum absolute atomic E-state index is 11.8. The normalized spacial score (nSPS) is 10.5. The molecule has 3 aromatic rings. The van der Waals surface area contributed by atoms with E-state index in [1.54, 1.807) is 0 Å². The van der Waals surface area contributed by atoms with Crippen LogP contribution >= 0.6 is 11.3 Å². The number of nitrogens with one attached hydrogen (secondary N) is 2. The van der Waals surface area contributed by atoms with Crippen LogP contribution in [0.2, 0.25) is 0 Å². The molecule has 0 aliphatic rings. The second-order valence-electron chi connectivity index (χ2n) is 3.84. The minimum atomic E-state index is -0.357. The average Bonchev–Trinajstić information content (AvgIpc) is 3.19. The maximum Gasteiger partial charge on any atom is 0.336 e. The fourth-order valence-corrected chi connectivity index (χ4v) is 2.16. The lowest BCUT2D eigenvalue weighted by Crippen LogP contribution is -2.21. The minimum Gasteiger partial charge on any atom is -0.466 e. The number of ether oxygens (including phenoxy) is 1. The highest BCUT2D eigenvalue weighted by Crippen LogP contribution is 2.19. The summed E-state index contributed by atoms with van der Waals surface area (Å²) in [5.41, 5.74) is 0. The number of amides is 1. The summed E-state index contributed by atoms with van der Waals surface area (Å²) in [5.74, 6) is 0.318. The molecule has 0 unspecified atom stereocenters. The lowest BCUT2D eigenvalue weighted by Gasteiger charge is -1.99. The van der Waals surface area contributed by atoms with Gasteiger partial charge in [-0.05, 0) is 16.7 Å². The molecule has 10 nitrogen and oxygen atoms in total. The smallest absolute Gasteiger partial charge is 0.336 e. The van der Waals surface area contributed by atoms with Crippen molar-refractivity contribution in [1.29, 1.82) is 0 Å². The summed E-state index contributed by atoms with van der Waals surface area (Å²) < 4.78 is 4.80. The van der Waals surface area contributed by atoms with Crippen LogP contribution in [-0.4, -0.2) is 48.4 Å². The molecule has 0 fully saturated rings. The zero-order valence-electron chi connectivity index (χ0n) is 10.8. The number of hydrogen-bond acceptors (Lipinski definition) is 8. The van der Waals surface area contributed by atoms with Gasteiger partial charge < -0.3 is 4.74 Å². The van der Waals surface area contributed by atoms with Crippen LogP contribution < -0.4 is 10.1 Å². The van der Waals surface area contributed by atoms with Crippen molar-refractivity contribution in [2.24, 2.45) is 0 Å². The number of hydrogen-bond donors (Lipinski definition) is 2. The molecule has 0 aromatic carbocycles. The SMILES string of the molecule is COc1n[nH]c(NC(=O)Cn2nnc(-c3cccs3)n2)n1. The van der Waals surface area contributed by atoms with Crippen LogP contribution in [0.4, 0.5) is 5.95 Å². The Morgan fingerprint density at radius 3 is 3.19 bits per heavy atom. The van der Waals surface area contributed by atoms with Crippen LogP contribution in [0.1, 0.15) is 0 Å². The first kappa shape index (κ1) is 13.2. The van der Waals surface area contributed by atoms with Crippen molar-refractivity contribution in [3.05, 3.63) is 17.5 Å². The average molecular weight is 306 g/mol. The number of aromatic nitrogens is 7. The topological polar surface area (TPSA) is 124 Å². The van der Waals surface area contributed by atoms with Gasteiger partial charge in [0, 0.05) is 0 Å². The van der Waals surface area contributed by atoms with Gasteiger partial charge in [0.25, 0.3) is 0 Å². The summed E-state index contributed by atoms with van der Waals surface area (Å²) in [6.45, 7) is -0.0820. The molecule has 0 saturated heterocycles. The third-order valence-electron chi connectivity index (χ3n) is 2.38. The molecule has 0 saturated carbocycles. The zero-order valence-corrected chi connectivity index (χ0v) is 11.7. The van der Waals surface area contributed by atoms with Crippen LogP contribution in [-0.2, 0) is 11.3 Å². The molecule has 0 bridgehead atoms. The fraction of sp³-hybridized carbons (Fsp3) is 0.200. The van der Waals surface area contributed by atoms with Gasteiger partial charge >= 0.3 is 6.01 Å². The van der Waals surface area contributed by atoms with Gasteiger partial charge in [0.15, 0.2) is 0 Å². The van der Waals surface area contributed by atoms with Crippen molar-refractivity contribution in [2.75, 3.05) is 12.4 Å². The lowest BCUT2D eigenvalue weighted by molar-refractivity contribution is -0.117. The minimum absolute atomic E-state index is 0.0820. The van der Waals surface area contributed by atoms with E-state index in [0.29, 0.717) is 5.82 Å². The van der Waals surface area contributed by atoms with Gasteiger partial charge in [-0.25, -0.2) is 5.10 Å². The number of carbonyl (C=O) groups excluding carboxylic acids is 1. The largest absolute Gasteiger partial charge is 0.466 e. The van der Waals surface area contributed by atoms with Crippen LogP contribution in [0, 0.1) is 0 Å². The Morgan fingerprint density at radius 1 is 1.57 bits per heavy atom. The summed E-state index contributed by atoms with van der Waals surface area (Å²) in [6, 6.07) is 3.92. The first-order valence-corrected chi connectivity index (χ1v) is 6.70. The molecular formula is C10H10N8O2S. The molecule has 0 aliphatic heterocycles. The van der Waals surface area contributed by atoms with Gasteiger partial charge in [0.1, 0.15) is 6.54 Å². The third kappa shape index (κ3) is 3.02. The molecule has 0 aliphatic carbocycles. The van der Waals surface area contributed by atoms with Crippen molar-refractivity contribution < 1.29 is 9.53 Å². The Balaban J connectivity index is 1.62. The van der Waals surface area contributed by atoms with Crippen LogP contribution in [0.3, 0.4) is 0 Å². The van der Waals surface area contributed by atoms with Gasteiger partial charge in [-0.3, -0.25) is 10.1 Å². The number of tetrazole rings is 1. The number of nitrogens with zero attached hydrogens (tertiary/aromatic N) is 6. The molecule has 3 aromatic heterocycles. The Bertz CT molecular complexity index is 734. The molecule has 2 N–H and O–H groups in total. The first-order valence-electron chi connectivity index (χ1n) is 5.82. The highest BCUT2D eigenvalue weighted by molar-refractivity contribution is 7.13. The molecule has 0 spiro atoms. The molecule has 3 rings (SSSR count). The van der Waals surface area contributed by atoms with Crippen molar-refractivity contribution in [2.45, 2.75) is 6.54 Å². The van der Waals surface area contributed by atoms with Crippen molar-refractivity contribution in [3.8, 4) is 16.7 Å². The molecule has 0 atom stereocenters. The quantitative estimate of drug-likeness (QED) is 0.688. The predicted molar refractivity (Wildman–Crippen MR) is 72.7 cm³/mol. The van der Waals surface area contributed by atoms with Gasteiger partial charge in [-0.15, -0.1) is 26.6 Å². The highest BCUT2D eigenvalue weighted by atomic mass is 32.1. The van der Waals surface area contributed by atoms with Gasteiger partial charge in [0.2, 0.25) is 17.7 Å². The summed E-state index contributed by atoms with van der Waals surface area (Å²) in [5, 5.41) is 22.5. The van der Waals surface area contributed by atoms with E-state index in [1.807, 2.05) is 17.5 Å². The van der Waals surface area contributed by atoms with Crippen LogP contribution in [0.5, 0.6) is 6.01 Å². The van der Waals surface area contributed by atoms with Gasteiger partial charge in [-0.1, -0.05) is 6.07 Å². The van der Waals surface area contributed by atoms with Crippen molar-refractivity contribution >= 4 is 23.2 Å². The monoisotopic (exact) mass is 306 g/mol. The van der Waals surface area contributed by atoms with Crippen molar-refractivity contribution in [1.82, 2.24) is 35.4 Å². The lowest BCUT2D eigenvalue weighted by atomic mass is 10.5. The van der Waals surface area contributed by atoms with Crippen molar-refractivity contribution in [3.63, 3.8) is 0 Å². The number of carbonyl (C=O) groups is 1. The molecular weight excluding hydrogens is 296 g/mol. The van der Waals surface area contributed by atoms with Gasteiger partial charge in [-0.2, -0.15) is 9.78 Å². The molecule has 21 heavy (non-hydrogen) atoms. The molecule has 0 radical (unpaired) electrons. The Hall–Kier alpha value is -2.82. The van der Waals surface area contributed by atoms with E-state index in [9.17, 15) is 4.79 Å². The third-order valence-corrected chi connectivity index (χ3v) is 3.25. The molecule has 3 heterocycles. The van der Waals surface area contributed by atoms with Crippen LogP contribution in [0.25, 0.3) is 10.7 Å².